The average Bonchev–Trinajstić information content (AvgIpc) is 3.18. The summed E-state index contributed by atoms with van der Waals surface area (Å²) in [5.41, 5.74) is 0. The van der Waals surface area contributed by atoms with Crippen LogP contribution in [0.2, 0.25) is 0 Å². The average molecular weight is 420 g/mol. The molecule has 30 heavy (non-hydrogen) atoms. The second-order valence-electron chi connectivity index (χ2n) is 10.1. The van der Waals surface area contributed by atoms with Crippen molar-refractivity contribution in [1.82, 2.24) is 4.57 Å². The maximum Gasteiger partial charge on any atom is 0.243 e. The molecule has 2 nitrogen and oxygen atoms in total. The van der Waals surface area contributed by atoms with Crippen molar-refractivity contribution in [1.29, 1.82) is 0 Å². The van der Waals surface area contributed by atoms with Gasteiger partial charge in [-0.15, -0.1) is 0 Å². The van der Waals surface area contributed by atoms with Crippen molar-refractivity contribution in [2.24, 2.45) is 5.92 Å². The minimum absolute atomic E-state index is 0.882. The fourth-order valence-electron chi connectivity index (χ4n) is 4.39. The molecule has 0 aromatic carbocycles. The molecule has 0 saturated carbocycles. The fraction of sp³-hybridized carbons (Fsp3) is 0.893. The van der Waals surface area contributed by atoms with Crippen LogP contribution in [-0.4, -0.2) is 4.57 Å². The van der Waals surface area contributed by atoms with Gasteiger partial charge in [-0.05, 0) is 31.6 Å². The maximum absolute atomic E-state index is 2.39. The lowest BCUT2D eigenvalue weighted by atomic mass is 10.0. The largest absolute Gasteiger partial charge is 0.243 e. The minimum atomic E-state index is 0.882. The van der Waals surface area contributed by atoms with Gasteiger partial charge in [-0.2, -0.15) is 0 Å². The molecule has 0 fully saturated rings. The van der Waals surface area contributed by atoms with Crippen LogP contribution < -0.4 is 4.57 Å². The summed E-state index contributed by atoms with van der Waals surface area (Å²) in [6.45, 7) is 9.36. The molecule has 0 saturated heterocycles. The third kappa shape index (κ3) is 16.9. The molecule has 0 aliphatic rings. The van der Waals surface area contributed by atoms with Crippen molar-refractivity contribution >= 4 is 0 Å². The first kappa shape index (κ1) is 27.2. The SMILES string of the molecule is CCCCCCCCCCCC[n+]1ccn(CCCCCCCCCCC(C)C)c1. The van der Waals surface area contributed by atoms with E-state index in [-0.39, 0.29) is 0 Å². The fourth-order valence-corrected chi connectivity index (χ4v) is 4.39. The van der Waals surface area contributed by atoms with Gasteiger partial charge in [-0.3, -0.25) is 0 Å². The second-order valence-corrected chi connectivity index (χ2v) is 10.1. The van der Waals surface area contributed by atoms with Crippen molar-refractivity contribution in [2.45, 2.75) is 156 Å². The number of imidazole rings is 1. The highest BCUT2D eigenvalue weighted by molar-refractivity contribution is 4.66. The van der Waals surface area contributed by atoms with Gasteiger partial charge in [-0.1, -0.05) is 117 Å². The summed E-state index contributed by atoms with van der Waals surface area (Å²) in [7, 11) is 0. The van der Waals surface area contributed by atoms with Crippen LogP contribution in [0.3, 0.4) is 0 Å². The molecule has 0 radical (unpaired) electrons. The van der Waals surface area contributed by atoms with E-state index in [4.69, 9.17) is 0 Å². The molecule has 0 aliphatic carbocycles. The zero-order valence-electron chi connectivity index (χ0n) is 21.1. The normalized spacial score (nSPS) is 11.6. The van der Waals surface area contributed by atoms with Crippen LogP contribution in [0.25, 0.3) is 0 Å². The first-order valence-electron chi connectivity index (χ1n) is 13.8. The van der Waals surface area contributed by atoms with E-state index < -0.39 is 0 Å². The van der Waals surface area contributed by atoms with Crippen LogP contribution in [-0.2, 0) is 13.1 Å². The quantitative estimate of drug-likeness (QED) is 0.131. The molecule has 0 amide bonds. The first-order valence-corrected chi connectivity index (χ1v) is 13.8. The van der Waals surface area contributed by atoms with Crippen molar-refractivity contribution in [3.05, 3.63) is 18.7 Å². The maximum atomic E-state index is 2.39. The Hall–Kier alpha value is -0.790. The van der Waals surface area contributed by atoms with E-state index in [1.54, 1.807) is 0 Å². The van der Waals surface area contributed by atoms with Crippen molar-refractivity contribution in [2.75, 3.05) is 0 Å². The third-order valence-corrected chi connectivity index (χ3v) is 6.46. The number of rotatable bonds is 22. The van der Waals surface area contributed by atoms with E-state index in [1.807, 2.05) is 0 Å². The van der Waals surface area contributed by atoms with Crippen LogP contribution in [0, 0.1) is 5.92 Å². The van der Waals surface area contributed by atoms with Crippen LogP contribution in [0.5, 0.6) is 0 Å². The monoisotopic (exact) mass is 419 g/mol. The first-order chi connectivity index (χ1) is 14.7. The van der Waals surface area contributed by atoms with Gasteiger partial charge in [-0.25, -0.2) is 9.13 Å². The van der Waals surface area contributed by atoms with Gasteiger partial charge < -0.3 is 0 Å². The summed E-state index contributed by atoms with van der Waals surface area (Å²) in [5, 5.41) is 0. The highest BCUT2D eigenvalue weighted by Gasteiger charge is 2.03. The Morgan fingerprint density at radius 2 is 1.13 bits per heavy atom. The van der Waals surface area contributed by atoms with Crippen LogP contribution in [0.1, 0.15) is 143 Å². The van der Waals surface area contributed by atoms with E-state index in [1.165, 1.54) is 135 Å². The Kier molecular flexibility index (Phi) is 18.3. The van der Waals surface area contributed by atoms with Crippen molar-refractivity contribution < 1.29 is 4.57 Å². The van der Waals surface area contributed by atoms with Gasteiger partial charge >= 0.3 is 0 Å². The van der Waals surface area contributed by atoms with Gasteiger partial charge in [0.15, 0.2) is 0 Å². The van der Waals surface area contributed by atoms with Gasteiger partial charge in [0.05, 0.1) is 13.1 Å². The molecule has 0 aliphatic heterocycles. The molecule has 0 unspecified atom stereocenters. The smallest absolute Gasteiger partial charge is 0.237 e. The summed E-state index contributed by atoms with van der Waals surface area (Å²) in [6, 6.07) is 0. The molecule has 2 heteroatoms. The van der Waals surface area contributed by atoms with E-state index in [0.717, 1.165) is 5.92 Å². The molecular weight excluding hydrogens is 364 g/mol. The molecular formula is C28H55N2+. The van der Waals surface area contributed by atoms with E-state index >= 15 is 0 Å². The number of unbranched alkanes of at least 4 members (excludes halogenated alkanes) is 16. The summed E-state index contributed by atoms with van der Waals surface area (Å²) >= 11 is 0. The highest BCUT2D eigenvalue weighted by atomic mass is 15.1. The van der Waals surface area contributed by atoms with Gasteiger partial charge in [0, 0.05) is 0 Å². The lowest BCUT2D eigenvalue weighted by molar-refractivity contribution is -0.696. The number of aryl methyl sites for hydroxylation is 2. The second kappa shape index (κ2) is 20.1. The predicted molar refractivity (Wildman–Crippen MR) is 133 cm³/mol. The number of hydrogen-bond acceptors (Lipinski definition) is 0. The number of hydrogen-bond donors (Lipinski definition) is 0. The molecule has 0 atom stereocenters. The van der Waals surface area contributed by atoms with Crippen molar-refractivity contribution in [3.63, 3.8) is 0 Å². The Morgan fingerprint density at radius 1 is 0.633 bits per heavy atom. The molecule has 0 bridgehead atoms. The molecule has 0 N–H and O–H groups in total. The molecule has 1 aromatic heterocycles. The number of nitrogens with zero attached hydrogens (tertiary/aromatic N) is 2. The topological polar surface area (TPSA) is 8.81 Å². The third-order valence-electron chi connectivity index (χ3n) is 6.46. The highest BCUT2D eigenvalue weighted by Crippen LogP contribution is 2.13. The van der Waals surface area contributed by atoms with Crippen LogP contribution in [0.15, 0.2) is 18.7 Å². The molecule has 1 aromatic rings. The molecule has 0 spiro atoms. The van der Waals surface area contributed by atoms with Gasteiger partial charge in [0.1, 0.15) is 12.4 Å². The summed E-state index contributed by atoms with van der Waals surface area (Å²) < 4.78 is 4.78. The van der Waals surface area contributed by atoms with Crippen LogP contribution >= 0.6 is 0 Å². The Morgan fingerprint density at radius 3 is 1.70 bits per heavy atom. The molecule has 1 heterocycles. The van der Waals surface area contributed by atoms with Gasteiger partial charge in [0.25, 0.3) is 0 Å². The summed E-state index contributed by atoms with van der Waals surface area (Å²) in [6.07, 6.45) is 33.8. The van der Waals surface area contributed by atoms with E-state index in [2.05, 4.69) is 48.6 Å². The Balaban J connectivity index is 1.88. The number of aromatic nitrogens is 2. The van der Waals surface area contributed by atoms with Crippen LogP contribution in [0.4, 0.5) is 0 Å². The predicted octanol–water partition coefficient (Wildman–Crippen LogP) is 8.86. The summed E-state index contributed by atoms with van der Waals surface area (Å²) in [5.74, 6) is 0.882. The van der Waals surface area contributed by atoms with E-state index in [9.17, 15) is 0 Å². The summed E-state index contributed by atoms with van der Waals surface area (Å²) in [4.78, 5) is 0. The van der Waals surface area contributed by atoms with Crippen molar-refractivity contribution in [3.8, 4) is 0 Å². The Bertz CT molecular complexity index is 463. The Labute approximate surface area is 189 Å². The standard InChI is InChI=1S/C28H55N2/c1-4-5-6-7-8-9-11-14-17-20-23-29-25-26-30(27-29)24-21-18-15-12-10-13-16-19-22-28(2)3/h25-28H,4-24H2,1-3H3/q+1. The lowest BCUT2D eigenvalue weighted by Crippen LogP contribution is -2.30. The lowest BCUT2D eigenvalue weighted by Gasteiger charge is -2.04. The molecule has 176 valence electrons. The van der Waals surface area contributed by atoms with E-state index in [0.29, 0.717) is 0 Å². The van der Waals surface area contributed by atoms with Gasteiger partial charge in [0.2, 0.25) is 6.33 Å². The zero-order chi connectivity index (χ0) is 21.7. The zero-order valence-corrected chi connectivity index (χ0v) is 21.1. The minimum Gasteiger partial charge on any atom is -0.237 e. The molecule has 1 rings (SSSR count).